The van der Waals surface area contributed by atoms with Crippen LogP contribution in [0.2, 0.25) is 0 Å². The summed E-state index contributed by atoms with van der Waals surface area (Å²) in [5.74, 6) is 1.28. The number of ether oxygens (including phenoxy) is 3. The van der Waals surface area contributed by atoms with Crippen molar-refractivity contribution < 1.29 is 19.0 Å². The molecular weight excluding hydrogens is 426 g/mol. The lowest BCUT2D eigenvalue weighted by Gasteiger charge is -2.41. The SMILES string of the molecule is CN(C(=O)OC1CCC1)[C@H]1C[C@H](Oc2cc(-c3cnc(N)nc3)nc(N3CCOCC3)n2)C1. The third-order valence-corrected chi connectivity index (χ3v) is 6.47. The van der Waals surface area contributed by atoms with Crippen molar-refractivity contribution in [2.45, 2.75) is 50.4 Å². The van der Waals surface area contributed by atoms with Crippen LogP contribution in [0, 0.1) is 0 Å². The molecule has 0 radical (unpaired) electrons. The van der Waals surface area contributed by atoms with Crippen molar-refractivity contribution in [3.8, 4) is 17.1 Å². The Kier molecular flexibility index (Phi) is 6.12. The predicted molar refractivity (Wildman–Crippen MR) is 120 cm³/mol. The van der Waals surface area contributed by atoms with E-state index >= 15 is 0 Å². The van der Waals surface area contributed by atoms with Gasteiger partial charge in [-0.1, -0.05) is 0 Å². The minimum absolute atomic E-state index is 0.0306. The molecule has 0 atom stereocenters. The van der Waals surface area contributed by atoms with Crippen LogP contribution in [0.15, 0.2) is 18.5 Å². The number of hydrogen-bond donors (Lipinski definition) is 1. The van der Waals surface area contributed by atoms with Gasteiger partial charge < -0.3 is 29.7 Å². The van der Waals surface area contributed by atoms with E-state index in [1.165, 1.54) is 0 Å². The number of nitrogens with zero attached hydrogens (tertiary/aromatic N) is 6. The molecule has 11 nitrogen and oxygen atoms in total. The smallest absolute Gasteiger partial charge is 0.410 e. The van der Waals surface area contributed by atoms with Gasteiger partial charge in [0, 0.05) is 63.0 Å². The Morgan fingerprint density at radius 3 is 2.55 bits per heavy atom. The molecule has 1 aliphatic heterocycles. The first kappa shape index (κ1) is 21.6. The largest absolute Gasteiger partial charge is 0.474 e. The quantitative estimate of drug-likeness (QED) is 0.689. The van der Waals surface area contributed by atoms with Gasteiger partial charge in [0.05, 0.1) is 18.9 Å². The van der Waals surface area contributed by atoms with Crippen molar-refractivity contribution in [3.63, 3.8) is 0 Å². The zero-order chi connectivity index (χ0) is 22.8. The Morgan fingerprint density at radius 2 is 1.88 bits per heavy atom. The second-order valence-electron chi connectivity index (χ2n) is 8.73. The highest BCUT2D eigenvalue weighted by Crippen LogP contribution is 2.32. The molecule has 33 heavy (non-hydrogen) atoms. The fraction of sp³-hybridized carbons (Fsp3) is 0.591. The number of nitrogens with two attached hydrogens (primary N) is 1. The molecule has 176 valence electrons. The zero-order valence-corrected chi connectivity index (χ0v) is 18.7. The van der Waals surface area contributed by atoms with Gasteiger partial charge in [-0.25, -0.2) is 19.7 Å². The average Bonchev–Trinajstić information content (AvgIpc) is 2.78. The summed E-state index contributed by atoms with van der Waals surface area (Å²) >= 11 is 0. The van der Waals surface area contributed by atoms with Crippen LogP contribution in [0.4, 0.5) is 16.7 Å². The van der Waals surface area contributed by atoms with E-state index in [9.17, 15) is 4.79 Å². The third kappa shape index (κ3) is 4.92. The van der Waals surface area contributed by atoms with Crippen molar-refractivity contribution >= 4 is 18.0 Å². The average molecular weight is 456 g/mol. The van der Waals surface area contributed by atoms with Crippen LogP contribution in [0.3, 0.4) is 0 Å². The number of carbonyl (C=O) groups excluding carboxylic acids is 1. The highest BCUT2D eigenvalue weighted by molar-refractivity contribution is 5.68. The normalized spacial score (nSPS) is 22.8. The maximum absolute atomic E-state index is 12.3. The molecule has 2 N–H and O–H groups in total. The molecule has 3 heterocycles. The summed E-state index contributed by atoms with van der Waals surface area (Å²) in [6.45, 7) is 2.67. The van der Waals surface area contributed by atoms with Crippen molar-refractivity contribution in [1.82, 2.24) is 24.8 Å². The predicted octanol–water partition coefficient (Wildman–Crippen LogP) is 1.88. The first-order valence-electron chi connectivity index (χ1n) is 11.4. The number of carbonyl (C=O) groups is 1. The first-order valence-corrected chi connectivity index (χ1v) is 11.4. The van der Waals surface area contributed by atoms with Crippen LogP contribution in [-0.4, -0.2) is 82.5 Å². The molecule has 0 spiro atoms. The Morgan fingerprint density at radius 1 is 1.15 bits per heavy atom. The summed E-state index contributed by atoms with van der Waals surface area (Å²) in [4.78, 5) is 33.6. The van der Waals surface area contributed by atoms with Gasteiger partial charge in [0.1, 0.15) is 12.2 Å². The second kappa shape index (κ2) is 9.34. The van der Waals surface area contributed by atoms with E-state index in [0.717, 1.165) is 37.7 Å². The van der Waals surface area contributed by atoms with Crippen LogP contribution in [0.1, 0.15) is 32.1 Å². The zero-order valence-electron chi connectivity index (χ0n) is 18.7. The number of anilines is 2. The molecule has 1 amide bonds. The van der Waals surface area contributed by atoms with E-state index in [-0.39, 0.29) is 30.3 Å². The number of hydrogen-bond acceptors (Lipinski definition) is 10. The van der Waals surface area contributed by atoms with Crippen LogP contribution in [0.25, 0.3) is 11.3 Å². The van der Waals surface area contributed by atoms with Gasteiger partial charge in [-0.3, -0.25) is 0 Å². The molecule has 2 aromatic heterocycles. The topological polar surface area (TPSA) is 129 Å². The second-order valence-corrected chi connectivity index (χ2v) is 8.73. The lowest BCUT2D eigenvalue weighted by Crippen LogP contribution is -2.50. The summed E-state index contributed by atoms with van der Waals surface area (Å²) in [5.41, 5.74) is 7.03. The standard InChI is InChI=1S/C22H29N7O4/c1-28(22(30)33-16-3-2-4-16)15-9-17(10-15)32-19-11-18(14-12-24-20(23)25-13-14)26-21(27-19)29-5-7-31-8-6-29/h11-13,15-17H,2-10H2,1H3,(H2,23,24,25)/t15-,17-. The van der Waals surface area contributed by atoms with Crippen LogP contribution in [-0.2, 0) is 9.47 Å². The number of nitrogen functional groups attached to an aromatic ring is 1. The van der Waals surface area contributed by atoms with Gasteiger partial charge in [-0.15, -0.1) is 0 Å². The molecule has 2 saturated carbocycles. The summed E-state index contributed by atoms with van der Waals surface area (Å²) in [5, 5.41) is 0. The van der Waals surface area contributed by atoms with Gasteiger partial charge >= 0.3 is 6.09 Å². The first-order chi connectivity index (χ1) is 16.0. The third-order valence-electron chi connectivity index (χ3n) is 6.47. The molecule has 1 saturated heterocycles. The van der Waals surface area contributed by atoms with Gasteiger partial charge in [0.15, 0.2) is 0 Å². The van der Waals surface area contributed by atoms with Crippen LogP contribution in [0.5, 0.6) is 5.88 Å². The van der Waals surface area contributed by atoms with Gasteiger partial charge in [0.2, 0.25) is 17.8 Å². The summed E-state index contributed by atoms with van der Waals surface area (Å²) in [7, 11) is 1.79. The van der Waals surface area contributed by atoms with Crippen molar-refractivity contribution in [2.75, 3.05) is 44.0 Å². The van der Waals surface area contributed by atoms with Gasteiger partial charge in [-0.2, -0.15) is 4.98 Å². The van der Waals surface area contributed by atoms with Gasteiger partial charge in [-0.05, 0) is 19.3 Å². The van der Waals surface area contributed by atoms with E-state index in [1.54, 1.807) is 30.4 Å². The van der Waals surface area contributed by atoms with Crippen molar-refractivity contribution in [3.05, 3.63) is 18.5 Å². The molecule has 5 rings (SSSR count). The Labute approximate surface area is 192 Å². The van der Waals surface area contributed by atoms with E-state index < -0.39 is 0 Å². The molecular formula is C22H29N7O4. The highest BCUT2D eigenvalue weighted by Gasteiger charge is 2.38. The fourth-order valence-electron chi connectivity index (χ4n) is 3.98. The molecule has 0 bridgehead atoms. The van der Waals surface area contributed by atoms with Gasteiger partial charge in [0.25, 0.3) is 0 Å². The van der Waals surface area contributed by atoms with Crippen LogP contribution >= 0.6 is 0 Å². The lowest BCUT2D eigenvalue weighted by atomic mass is 9.88. The van der Waals surface area contributed by atoms with Crippen molar-refractivity contribution in [2.24, 2.45) is 0 Å². The lowest BCUT2D eigenvalue weighted by molar-refractivity contribution is -0.00742. The maximum atomic E-state index is 12.3. The molecule has 2 aromatic rings. The summed E-state index contributed by atoms with van der Waals surface area (Å²) in [6.07, 6.45) is 7.62. The fourth-order valence-corrected chi connectivity index (χ4v) is 3.98. The van der Waals surface area contributed by atoms with Crippen molar-refractivity contribution in [1.29, 1.82) is 0 Å². The molecule has 0 unspecified atom stereocenters. The highest BCUT2D eigenvalue weighted by atomic mass is 16.6. The van der Waals surface area contributed by atoms with E-state index in [2.05, 4.69) is 19.9 Å². The molecule has 3 aliphatic rings. The Bertz CT molecular complexity index is 973. The van der Waals surface area contributed by atoms with E-state index in [4.69, 9.17) is 24.9 Å². The Balaban J connectivity index is 1.26. The monoisotopic (exact) mass is 455 g/mol. The maximum Gasteiger partial charge on any atom is 0.410 e. The number of aromatic nitrogens is 4. The van der Waals surface area contributed by atoms with Crippen LogP contribution < -0.4 is 15.4 Å². The van der Waals surface area contributed by atoms with E-state index in [1.807, 2.05) is 0 Å². The van der Waals surface area contributed by atoms with E-state index in [0.29, 0.717) is 43.8 Å². The number of rotatable bonds is 6. The Hall–Kier alpha value is -3.21. The summed E-state index contributed by atoms with van der Waals surface area (Å²) in [6, 6.07) is 1.90. The minimum atomic E-state index is -0.245. The molecule has 2 aliphatic carbocycles. The number of amides is 1. The molecule has 11 heteroatoms. The number of morpholine rings is 1. The minimum Gasteiger partial charge on any atom is -0.474 e. The summed E-state index contributed by atoms with van der Waals surface area (Å²) < 4.78 is 17.1. The molecule has 0 aromatic carbocycles. The molecule has 3 fully saturated rings.